The van der Waals surface area contributed by atoms with Crippen molar-refractivity contribution < 1.29 is 9.53 Å². The largest absolute Gasteiger partial charge is 0.497 e. The number of amides is 2. The molecule has 116 valence electrons. The van der Waals surface area contributed by atoms with E-state index in [-0.39, 0.29) is 11.9 Å². The number of nitrogens with one attached hydrogen (secondary N) is 2. The smallest absolute Gasteiger partial charge is 0.321 e. The number of ether oxygens (including phenoxy) is 1. The number of nitrogens with zero attached hydrogens (tertiary/aromatic N) is 3. The molecule has 1 aromatic heterocycles. The fourth-order valence-electron chi connectivity index (χ4n) is 2.70. The molecule has 1 aromatic carbocycles. The Bertz CT molecular complexity index is 629. The fraction of sp³-hybridized carbons (Fsp3) is 0.400. The molecule has 0 spiro atoms. The summed E-state index contributed by atoms with van der Waals surface area (Å²) in [5.74, 6) is 1.78. The number of rotatable bonds is 3. The molecule has 2 amide bonds. The Morgan fingerprint density at radius 1 is 1.50 bits per heavy atom. The van der Waals surface area contributed by atoms with Gasteiger partial charge in [-0.1, -0.05) is 6.07 Å². The molecule has 0 aliphatic carbocycles. The van der Waals surface area contributed by atoms with Gasteiger partial charge >= 0.3 is 6.03 Å². The quantitative estimate of drug-likeness (QED) is 0.910. The van der Waals surface area contributed by atoms with Gasteiger partial charge in [0.05, 0.1) is 7.11 Å². The highest BCUT2D eigenvalue weighted by molar-refractivity contribution is 5.89. The van der Waals surface area contributed by atoms with E-state index in [9.17, 15) is 4.79 Å². The number of hydrogen-bond donors (Lipinski definition) is 2. The van der Waals surface area contributed by atoms with E-state index in [1.165, 1.54) is 6.33 Å². The molecule has 0 radical (unpaired) electrons. The van der Waals surface area contributed by atoms with Crippen molar-refractivity contribution in [2.24, 2.45) is 0 Å². The number of aromatic nitrogens is 3. The Hall–Kier alpha value is -2.57. The van der Waals surface area contributed by atoms with Crippen molar-refractivity contribution >= 4 is 11.7 Å². The molecular formula is C15H19N5O2. The first kappa shape index (κ1) is 14.4. The monoisotopic (exact) mass is 301 g/mol. The van der Waals surface area contributed by atoms with Gasteiger partial charge in [0.2, 0.25) is 0 Å². The summed E-state index contributed by atoms with van der Waals surface area (Å²) in [7, 11) is 1.60. The predicted octanol–water partition coefficient (Wildman–Crippen LogP) is 2.22. The van der Waals surface area contributed by atoms with Gasteiger partial charge < -0.3 is 15.0 Å². The SMILES string of the molecule is COc1cccc(NC(=O)N2CCCC(c3ncn[nH]3)C2)c1. The first-order valence-corrected chi connectivity index (χ1v) is 7.31. The van der Waals surface area contributed by atoms with Crippen molar-refractivity contribution in [3.63, 3.8) is 0 Å². The molecule has 1 unspecified atom stereocenters. The van der Waals surface area contributed by atoms with Crippen LogP contribution < -0.4 is 10.1 Å². The van der Waals surface area contributed by atoms with E-state index in [1.807, 2.05) is 23.1 Å². The number of piperidine rings is 1. The lowest BCUT2D eigenvalue weighted by Gasteiger charge is -2.31. The molecule has 0 saturated carbocycles. The number of aromatic amines is 1. The number of carbonyl (C=O) groups excluding carboxylic acids is 1. The van der Waals surface area contributed by atoms with E-state index >= 15 is 0 Å². The summed E-state index contributed by atoms with van der Waals surface area (Å²) in [5, 5.41) is 9.69. The summed E-state index contributed by atoms with van der Waals surface area (Å²) in [6.45, 7) is 1.39. The van der Waals surface area contributed by atoms with Crippen LogP contribution in [0.4, 0.5) is 10.5 Å². The van der Waals surface area contributed by atoms with Crippen molar-refractivity contribution in [1.29, 1.82) is 0 Å². The van der Waals surface area contributed by atoms with Gasteiger partial charge in [0, 0.05) is 30.8 Å². The van der Waals surface area contributed by atoms with Gasteiger partial charge in [0.1, 0.15) is 17.9 Å². The Morgan fingerprint density at radius 2 is 2.41 bits per heavy atom. The predicted molar refractivity (Wildman–Crippen MR) is 81.9 cm³/mol. The number of anilines is 1. The molecule has 1 aliphatic rings. The summed E-state index contributed by atoms with van der Waals surface area (Å²) in [4.78, 5) is 18.4. The molecule has 2 heterocycles. The van der Waals surface area contributed by atoms with Crippen molar-refractivity contribution in [2.45, 2.75) is 18.8 Å². The number of benzene rings is 1. The highest BCUT2D eigenvalue weighted by Gasteiger charge is 2.26. The molecular weight excluding hydrogens is 282 g/mol. The molecule has 22 heavy (non-hydrogen) atoms. The molecule has 1 fully saturated rings. The molecule has 2 aromatic rings. The zero-order chi connectivity index (χ0) is 15.4. The Labute approximate surface area is 128 Å². The molecule has 7 heteroatoms. The highest BCUT2D eigenvalue weighted by atomic mass is 16.5. The minimum absolute atomic E-state index is 0.0996. The lowest BCUT2D eigenvalue weighted by Crippen LogP contribution is -2.41. The number of methoxy groups -OCH3 is 1. The number of H-pyrrole nitrogens is 1. The van der Waals surface area contributed by atoms with Crippen LogP contribution >= 0.6 is 0 Å². The van der Waals surface area contributed by atoms with E-state index in [0.717, 1.165) is 36.6 Å². The van der Waals surface area contributed by atoms with Crippen LogP contribution in [0.5, 0.6) is 5.75 Å². The maximum absolute atomic E-state index is 12.4. The summed E-state index contributed by atoms with van der Waals surface area (Å²) in [6, 6.07) is 7.24. The van der Waals surface area contributed by atoms with Crippen LogP contribution in [-0.4, -0.2) is 46.3 Å². The Morgan fingerprint density at radius 3 is 3.18 bits per heavy atom. The average molecular weight is 301 g/mol. The van der Waals surface area contributed by atoms with Crippen molar-refractivity contribution in [3.05, 3.63) is 36.4 Å². The van der Waals surface area contributed by atoms with Gasteiger partial charge in [-0.3, -0.25) is 5.10 Å². The van der Waals surface area contributed by atoms with Crippen LogP contribution in [-0.2, 0) is 0 Å². The van der Waals surface area contributed by atoms with Gasteiger partial charge in [-0.25, -0.2) is 9.78 Å². The average Bonchev–Trinajstić information content (AvgIpc) is 3.09. The second-order valence-electron chi connectivity index (χ2n) is 5.32. The van der Waals surface area contributed by atoms with E-state index in [0.29, 0.717) is 6.54 Å². The van der Waals surface area contributed by atoms with Gasteiger partial charge in [-0.05, 0) is 25.0 Å². The van der Waals surface area contributed by atoms with Crippen LogP contribution in [0.2, 0.25) is 0 Å². The second-order valence-corrected chi connectivity index (χ2v) is 5.32. The van der Waals surface area contributed by atoms with E-state index < -0.39 is 0 Å². The minimum atomic E-state index is -0.0996. The van der Waals surface area contributed by atoms with Crippen molar-refractivity contribution in [3.8, 4) is 5.75 Å². The maximum Gasteiger partial charge on any atom is 0.321 e. The van der Waals surface area contributed by atoms with E-state index in [1.54, 1.807) is 13.2 Å². The topological polar surface area (TPSA) is 83.1 Å². The normalized spacial score (nSPS) is 18.0. The molecule has 2 N–H and O–H groups in total. The third-order valence-electron chi connectivity index (χ3n) is 3.85. The standard InChI is InChI=1S/C15H19N5O2/c1-22-13-6-2-5-12(8-13)18-15(21)20-7-3-4-11(9-20)14-16-10-17-19-14/h2,5-6,8,10-11H,3-4,7,9H2,1H3,(H,18,21)(H,16,17,19). The zero-order valence-electron chi connectivity index (χ0n) is 12.5. The summed E-state index contributed by atoms with van der Waals surface area (Å²) in [6.07, 6.45) is 3.47. The van der Waals surface area contributed by atoms with E-state index in [2.05, 4.69) is 20.5 Å². The number of likely N-dealkylation sites (tertiary alicyclic amines) is 1. The Kier molecular flexibility index (Phi) is 4.22. The van der Waals surface area contributed by atoms with Gasteiger partial charge in [0.25, 0.3) is 0 Å². The lowest BCUT2D eigenvalue weighted by molar-refractivity contribution is 0.191. The van der Waals surface area contributed by atoms with Crippen molar-refractivity contribution in [1.82, 2.24) is 20.1 Å². The van der Waals surface area contributed by atoms with E-state index in [4.69, 9.17) is 4.74 Å². The zero-order valence-corrected chi connectivity index (χ0v) is 12.5. The van der Waals surface area contributed by atoms with Crippen LogP contribution in [0.25, 0.3) is 0 Å². The number of urea groups is 1. The van der Waals surface area contributed by atoms with Crippen LogP contribution in [0, 0.1) is 0 Å². The molecule has 3 rings (SSSR count). The van der Waals surface area contributed by atoms with Crippen LogP contribution in [0.3, 0.4) is 0 Å². The molecule has 1 saturated heterocycles. The van der Waals surface area contributed by atoms with Crippen LogP contribution in [0.1, 0.15) is 24.6 Å². The fourth-order valence-corrected chi connectivity index (χ4v) is 2.70. The number of hydrogen-bond acceptors (Lipinski definition) is 4. The second kappa shape index (κ2) is 6.46. The molecule has 1 aliphatic heterocycles. The minimum Gasteiger partial charge on any atom is -0.497 e. The number of carbonyl (C=O) groups is 1. The van der Waals surface area contributed by atoms with Crippen LogP contribution in [0.15, 0.2) is 30.6 Å². The summed E-state index contributed by atoms with van der Waals surface area (Å²) < 4.78 is 5.16. The third-order valence-corrected chi connectivity index (χ3v) is 3.85. The molecule has 1 atom stereocenters. The lowest BCUT2D eigenvalue weighted by atomic mass is 9.98. The van der Waals surface area contributed by atoms with Gasteiger partial charge in [0.15, 0.2) is 0 Å². The molecule has 0 bridgehead atoms. The maximum atomic E-state index is 12.4. The van der Waals surface area contributed by atoms with Gasteiger partial charge in [-0.15, -0.1) is 0 Å². The summed E-state index contributed by atoms with van der Waals surface area (Å²) >= 11 is 0. The third kappa shape index (κ3) is 3.19. The Balaban J connectivity index is 1.64. The summed E-state index contributed by atoms with van der Waals surface area (Å²) in [5.41, 5.74) is 0.728. The first-order valence-electron chi connectivity index (χ1n) is 7.31. The van der Waals surface area contributed by atoms with Gasteiger partial charge in [-0.2, -0.15) is 5.10 Å². The van der Waals surface area contributed by atoms with Crippen molar-refractivity contribution in [2.75, 3.05) is 25.5 Å². The highest BCUT2D eigenvalue weighted by Crippen LogP contribution is 2.25. The molecule has 7 nitrogen and oxygen atoms in total. The first-order chi connectivity index (χ1) is 10.8.